The van der Waals surface area contributed by atoms with Gasteiger partial charge in [0.1, 0.15) is 11.4 Å². The molecule has 2 rings (SSSR count). The van der Waals surface area contributed by atoms with E-state index in [0.29, 0.717) is 12.3 Å². The minimum atomic E-state index is -1.19. The number of para-hydroxylation sites is 1. The average Bonchev–Trinajstić information content (AvgIpc) is 2.41. The van der Waals surface area contributed by atoms with Crippen LogP contribution in [0.1, 0.15) is 40.5 Å². The molecular weight excluding hydrogens is 280 g/mol. The van der Waals surface area contributed by atoms with E-state index in [1.54, 1.807) is 0 Å². The van der Waals surface area contributed by atoms with Crippen molar-refractivity contribution in [3.8, 4) is 5.75 Å². The van der Waals surface area contributed by atoms with Gasteiger partial charge in [-0.25, -0.2) is 4.79 Å². The van der Waals surface area contributed by atoms with Crippen molar-refractivity contribution in [2.75, 3.05) is 6.54 Å². The summed E-state index contributed by atoms with van der Waals surface area (Å²) < 4.78 is 11.5. The van der Waals surface area contributed by atoms with E-state index < -0.39 is 17.5 Å². The van der Waals surface area contributed by atoms with Crippen LogP contribution in [-0.2, 0) is 4.74 Å². The predicted molar refractivity (Wildman–Crippen MR) is 85.3 cm³/mol. The van der Waals surface area contributed by atoms with E-state index in [9.17, 15) is 4.79 Å². The lowest BCUT2D eigenvalue weighted by atomic mass is 9.93. The maximum atomic E-state index is 12.5. The zero-order valence-electron chi connectivity index (χ0n) is 13.8. The van der Waals surface area contributed by atoms with Gasteiger partial charge in [0.25, 0.3) is 0 Å². The van der Waals surface area contributed by atoms with Gasteiger partial charge in [0.15, 0.2) is 0 Å². The summed E-state index contributed by atoms with van der Waals surface area (Å²) in [5.41, 5.74) is 5.94. The van der Waals surface area contributed by atoms with Crippen LogP contribution in [0.4, 0.5) is 4.79 Å². The average molecular weight is 306 g/mol. The fourth-order valence-corrected chi connectivity index (χ4v) is 2.59. The van der Waals surface area contributed by atoms with Crippen molar-refractivity contribution in [1.29, 1.82) is 0 Å². The quantitative estimate of drug-likeness (QED) is 0.851. The Kier molecular flexibility index (Phi) is 4.66. The van der Waals surface area contributed by atoms with Crippen LogP contribution in [-0.4, -0.2) is 29.0 Å². The first-order valence-electron chi connectivity index (χ1n) is 7.76. The summed E-state index contributed by atoms with van der Waals surface area (Å²) in [4.78, 5) is 14.0. The minimum absolute atomic E-state index is 0.00831. The first-order chi connectivity index (χ1) is 10.2. The Hall–Kier alpha value is -1.75. The number of amides is 1. The minimum Gasteiger partial charge on any atom is -0.454 e. The first kappa shape index (κ1) is 16.6. The van der Waals surface area contributed by atoms with Crippen LogP contribution in [0.25, 0.3) is 0 Å². The van der Waals surface area contributed by atoms with Crippen molar-refractivity contribution in [1.82, 2.24) is 4.90 Å². The van der Waals surface area contributed by atoms with Gasteiger partial charge < -0.3 is 9.47 Å². The molecule has 1 fully saturated rings. The molecule has 1 aliphatic heterocycles. The lowest BCUT2D eigenvalue weighted by molar-refractivity contribution is -0.134. The monoisotopic (exact) mass is 306 g/mol. The maximum absolute atomic E-state index is 12.5. The highest BCUT2D eigenvalue weighted by atomic mass is 16.6. The molecule has 1 saturated heterocycles. The summed E-state index contributed by atoms with van der Waals surface area (Å²) in [6.45, 7) is 8.06. The number of ether oxygens (including phenoxy) is 2. The van der Waals surface area contributed by atoms with Crippen molar-refractivity contribution < 1.29 is 14.3 Å². The number of carbonyl (C=O) groups is 1. The fourth-order valence-electron chi connectivity index (χ4n) is 2.59. The molecule has 1 aliphatic rings. The van der Waals surface area contributed by atoms with Gasteiger partial charge in [0, 0.05) is 12.5 Å². The van der Waals surface area contributed by atoms with E-state index in [4.69, 9.17) is 15.2 Å². The lowest BCUT2D eigenvalue weighted by Gasteiger charge is -2.47. The molecule has 2 N–H and O–H groups in total. The van der Waals surface area contributed by atoms with Crippen LogP contribution >= 0.6 is 0 Å². The smallest absolute Gasteiger partial charge is 0.414 e. The molecule has 0 aromatic heterocycles. The summed E-state index contributed by atoms with van der Waals surface area (Å²) in [6, 6.07) is 9.34. The molecule has 5 heteroatoms. The van der Waals surface area contributed by atoms with Gasteiger partial charge in [0.05, 0.1) is 0 Å². The molecule has 0 radical (unpaired) electrons. The Labute approximate surface area is 132 Å². The molecule has 1 heterocycles. The van der Waals surface area contributed by atoms with Crippen molar-refractivity contribution in [3.05, 3.63) is 30.3 Å². The summed E-state index contributed by atoms with van der Waals surface area (Å²) in [5.74, 6) is -0.539. The Balaban J connectivity index is 2.24. The maximum Gasteiger partial charge on any atom is 0.414 e. The van der Waals surface area contributed by atoms with Crippen molar-refractivity contribution in [2.24, 2.45) is 11.7 Å². The topological polar surface area (TPSA) is 64.8 Å². The molecule has 0 saturated carbocycles. The summed E-state index contributed by atoms with van der Waals surface area (Å²) >= 11 is 0. The molecular formula is C17H26N2O3. The molecule has 5 nitrogen and oxygen atoms in total. The van der Waals surface area contributed by atoms with Gasteiger partial charge in [-0.05, 0) is 45.7 Å². The van der Waals surface area contributed by atoms with Crippen molar-refractivity contribution in [3.63, 3.8) is 0 Å². The van der Waals surface area contributed by atoms with Crippen LogP contribution in [0.3, 0.4) is 0 Å². The van der Waals surface area contributed by atoms with Gasteiger partial charge in [-0.15, -0.1) is 0 Å². The Morgan fingerprint density at radius 2 is 1.95 bits per heavy atom. The van der Waals surface area contributed by atoms with E-state index in [1.807, 2.05) is 58.0 Å². The number of nitrogens with two attached hydrogens (primary N) is 1. The fraction of sp³-hybridized carbons (Fsp3) is 0.588. The van der Waals surface area contributed by atoms with E-state index in [2.05, 4.69) is 0 Å². The van der Waals surface area contributed by atoms with Gasteiger partial charge in [-0.1, -0.05) is 25.1 Å². The SMILES string of the molecule is CC1CCCN(C(=O)OC(C)(C)C)C1(N)Oc1ccccc1. The summed E-state index contributed by atoms with van der Waals surface area (Å²) in [5, 5.41) is 0. The van der Waals surface area contributed by atoms with Crippen molar-refractivity contribution >= 4 is 6.09 Å². The summed E-state index contributed by atoms with van der Waals surface area (Å²) in [7, 11) is 0. The second kappa shape index (κ2) is 6.16. The second-order valence-corrected chi connectivity index (χ2v) is 6.84. The number of hydrogen-bond donors (Lipinski definition) is 1. The third kappa shape index (κ3) is 3.71. The Morgan fingerprint density at radius 1 is 1.32 bits per heavy atom. The normalized spacial score (nSPS) is 25.7. The van der Waals surface area contributed by atoms with Gasteiger partial charge in [-0.3, -0.25) is 10.6 Å². The number of likely N-dealkylation sites (tertiary alicyclic amines) is 1. The lowest BCUT2D eigenvalue weighted by Crippen LogP contribution is -2.68. The molecule has 1 aromatic carbocycles. The summed E-state index contributed by atoms with van der Waals surface area (Å²) in [6.07, 6.45) is 1.36. The van der Waals surface area contributed by atoms with Gasteiger partial charge in [0.2, 0.25) is 5.85 Å². The van der Waals surface area contributed by atoms with Crippen LogP contribution in [0.15, 0.2) is 30.3 Å². The number of rotatable bonds is 2. The molecule has 1 aromatic rings. The second-order valence-electron chi connectivity index (χ2n) is 6.84. The number of carbonyl (C=O) groups excluding carboxylic acids is 1. The molecule has 22 heavy (non-hydrogen) atoms. The third-order valence-electron chi connectivity index (χ3n) is 3.79. The standard InChI is InChI=1S/C17H26N2O3/c1-13-9-8-12-19(15(20)22-16(2,3)4)17(13,18)21-14-10-6-5-7-11-14/h5-7,10-11,13H,8-9,12,18H2,1-4H3. The number of nitrogens with zero attached hydrogens (tertiary/aromatic N) is 1. The molecule has 2 atom stereocenters. The molecule has 0 bridgehead atoms. The number of piperidine rings is 1. The number of benzene rings is 1. The van der Waals surface area contributed by atoms with E-state index in [0.717, 1.165) is 12.8 Å². The number of hydrogen-bond acceptors (Lipinski definition) is 4. The molecule has 1 amide bonds. The van der Waals surface area contributed by atoms with Gasteiger partial charge >= 0.3 is 6.09 Å². The van der Waals surface area contributed by atoms with Gasteiger partial charge in [-0.2, -0.15) is 0 Å². The Bertz CT molecular complexity index is 512. The van der Waals surface area contributed by atoms with Crippen LogP contribution < -0.4 is 10.5 Å². The molecule has 0 aliphatic carbocycles. The van der Waals surface area contributed by atoms with E-state index in [1.165, 1.54) is 4.90 Å². The van der Waals surface area contributed by atoms with Crippen molar-refractivity contribution in [2.45, 2.75) is 52.0 Å². The zero-order valence-corrected chi connectivity index (χ0v) is 13.8. The van der Waals surface area contributed by atoms with E-state index in [-0.39, 0.29) is 5.92 Å². The largest absolute Gasteiger partial charge is 0.454 e. The zero-order chi connectivity index (χ0) is 16.4. The molecule has 122 valence electrons. The van der Waals surface area contributed by atoms with Crippen LogP contribution in [0, 0.1) is 5.92 Å². The first-order valence-corrected chi connectivity index (χ1v) is 7.76. The third-order valence-corrected chi connectivity index (χ3v) is 3.79. The Morgan fingerprint density at radius 3 is 2.55 bits per heavy atom. The van der Waals surface area contributed by atoms with Crippen LogP contribution in [0.2, 0.25) is 0 Å². The van der Waals surface area contributed by atoms with Crippen LogP contribution in [0.5, 0.6) is 5.75 Å². The highest BCUT2D eigenvalue weighted by molar-refractivity contribution is 5.69. The molecule has 2 unspecified atom stereocenters. The highest BCUT2D eigenvalue weighted by Gasteiger charge is 2.47. The predicted octanol–water partition coefficient (Wildman–Crippen LogP) is 3.34. The molecule has 0 spiro atoms. The van der Waals surface area contributed by atoms with E-state index >= 15 is 0 Å². The highest BCUT2D eigenvalue weighted by Crippen LogP contribution is 2.33.